The van der Waals surface area contributed by atoms with Crippen LogP contribution in [0.1, 0.15) is 17.5 Å². The lowest BCUT2D eigenvalue weighted by Gasteiger charge is -2.16. The first-order chi connectivity index (χ1) is 9.28. The van der Waals surface area contributed by atoms with Crippen LogP contribution in [0.25, 0.3) is 0 Å². The molecule has 0 radical (unpaired) electrons. The molecule has 3 heteroatoms. The highest BCUT2D eigenvalue weighted by atomic mass is 127. The van der Waals surface area contributed by atoms with Crippen LogP contribution < -0.4 is 11.3 Å². The molecule has 0 heterocycles. The fourth-order valence-electron chi connectivity index (χ4n) is 2.13. The highest BCUT2D eigenvalue weighted by molar-refractivity contribution is 14.1. The zero-order chi connectivity index (χ0) is 13.5. The first-order valence-corrected chi connectivity index (χ1v) is 7.60. The van der Waals surface area contributed by atoms with Gasteiger partial charge in [0.25, 0.3) is 0 Å². The predicted molar refractivity (Wildman–Crippen MR) is 88.7 cm³/mol. The molecular formula is C16H19IN2. The fraction of sp³-hybridized carbons (Fsp3) is 0.250. The van der Waals surface area contributed by atoms with Crippen molar-refractivity contribution in [1.82, 2.24) is 5.43 Å². The summed E-state index contributed by atoms with van der Waals surface area (Å²) in [6.07, 6.45) is 3.08. The van der Waals surface area contributed by atoms with Gasteiger partial charge in [0.15, 0.2) is 0 Å². The second-order valence-electron chi connectivity index (χ2n) is 4.72. The Morgan fingerprint density at radius 3 is 2.26 bits per heavy atom. The van der Waals surface area contributed by atoms with Crippen LogP contribution in [0, 0.1) is 3.57 Å². The van der Waals surface area contributed by atoms with Gasteiger partial charge in [-0.05, 0) is 65.1 Å². The smallest absolute Gasteiger partial charge is 0.0254 e. The number of hydrogen-bond donors (Lipinski definition) is 2. The van der Waals surface area contributed by atoms with Crippen molar-refractivity contribution in [1.29, 1.82) is 0 Å². The van der Waals surface area contributed by atoms with Crippen molar-refractivity contribution in [3.05, 3.63) is 69.3 Å². The molecule has 0 aromatic heterocycles. The zero-order valence-electron chi connectivity index (χ0n) is 10.9. The van der Waals surface area contributed by atoms with Crippen LogP contribution in [0.3, 0.4) is 0 Å². The van der Waals surface area contributed by atoms with Gasteiger partial charge >= 0.3 is 0 Å². The number of rotatable bonds is 6. The topological polar surface area (TPSA) is 38.0 Å². The van der Waals surface area contributed by atoms with Crippen LogP contribution in [0.4, 0.5) is 0 Å². The van der Waals surface area contributed by atoms with E-state index in [4.69, 9.17) is 5.84 Å². The van der Waals surface area contributed by atoms with Crippen molar-refractivity contribution in [2.75, 3.05) is 0 Å². The molecule has 0 bridgehead atoms. The molecular weight excluding hydrogens is 347 g/mol. The molecule has 19 heavy (non-hydrogen) atoms. The number of hydrazine groups is 1. The maximum Gasteiger partial charge on any atom is 0.0254 e. The minimum atomic E-state index is 0.320. The number of halogens is 1. The Balaban J connectivity index is 1.88. The standard InChI is InChI=1S/C16H19IN2/c17-15-9-6-14(7-10-15)12-16(19-18)11-8-13-4-2-1-3-5-13/h1-7,9-10,16,19H,8,11-12,18H2. The summed E-state index contributed by atoms with van der Waals surface area (Å²) in [6.45, 7) is 0. The van der Waals surface area contributed by atoms with Crippen LogP contribution >= 0.6 is 22.6 Å². The molecule has 0 aliphatic rings. The normalized spacial score (nSPS) is 12.3. The Labute approximate surface area is 128 Å². The Hall–Kier alpha value is -0.910. The van der Waals surface area contributed by atoms with E-state index < -0.39 is 0 Å². The van der Waals surface area contributed by atoms with Gasteiger partial charge in [-0.2, -0.15) is 0 Å². The minimum Gasteiger partial charge on any atom is -0.271 e. The van der Waals surface area contributed by atoms with Crippen molar-refractivity contribution in [3.8, 4) is 0 Å². The average molecular weight is 366 g/mol. The van der Waals surface area contributed by atoms with E-state index in [0.717, 1.165) is 19.3 Å². The zero-order valence-corrected chi connectivity index (χ0v) is 13.0. The third-order valence-electron chi connectivity index (χ3n) is 3.26. The Bertz CT molecular complexity index is 482. The molecule has 1 atom stereocenters. The molecule has 0 saturated carbocycles. The second kappa shape index (κ2) is 7.62. The molecule has 1 unspecified atom stereocenters. The SMILES string of the molecule is NNC(CCc1ccccc1)Cc1ccc(I)cc1. The van der Waals surface area contributed by atoms with Crippen molar-refractivity contribution < 1.29 is 0 Å². The first kappa shape index (κ1) is 14.5. The molecule has 0 aliphatic heterocycles. The van der Waals surface area contributed by atoms with E-state index in [2.05, 4.69) is 76.5 Å². The van der Waals surface area contributed by atoms with Crippen LogP contribution in [0.15, 0.2) is 54.6 Å². The molecule has 2 nitrogen and oxygen atoms in total. The average Bonchev–Trinajstić information content (AvgIpc) is 2.46. The third-order valence-corrected chi connectivity index (χ3v) is 3.97. The van der Waals surface area contributed by atoms with Crippen molar-refractivity contribution in [2.45, 2.75) is 25.3 Å². The summed E-state index contributed by atoms with van der Waals surface area (Å²) in [4.78, 5) is 0. The number of nitrogens with one attached hydrogen (secondary N) is 1. The third kappa shape index (κ3) is 4.93. The van der Waals surface area contributed by atoms with Gasteiger partial charge in [-0.25, -0.2) is 0 Å². The molecule has 0 amide bonds. The van der Waals surface area contributed by atoms with Crippen molar-refractivity contribution in [3.63, 3.8) is 0 Å². The summed E-state index contributed by atoms with van der Waals surface area (Å²) >= 11 is 2.32. The summed E-state index contributed by atoms with van der Waals surface area (Å²) < 4.78 is 1.27. The quantitative estimate of drug-likeness (QED) is 0.468. The molecule has 0 saturated heterocycles. The van der Waals surface area contributed by atoms with Crippen LogP contribution in [0.5, 0.6) is 0 Å². The van der Waals surface area contributed by atoms with E-state index in [1.807, 2.05) is 6.07 Å². The van der Waals surface area contributed by atoms with Crippen molar-refractivity contribution >= 4 is 22.6 Å². The summed E-state index contributed by atoms with van der Waals surface area (Å²) in [6, 6.07) is 19.5. The maximum atomic E-state index is 5.66. The summed E-state index contributed by atoms with van der Waals surface area (Å²) in [5.41, 5.74) is 5.63. The molecule has 0 spiro atoms. The molecule has 0 aliphatic carbocycles. The summed E-state index contributed by atoms with van der Waals surface area (Å²) in [5.74, 6) is 5.66. The van der Waals surface area contributed by atoms with Crippen LogP contribution in [-0.4, -0.2) is 6.04 Å². The minimum absolute atomic E-state index is 0.320. The first-order valence-electron chi connectivity index (χ1n) is 6.52. The van der Waals surface area contributed by atoms with E-state index >= 15 is 0 Å². The van der Waals surface area contributed by atoms with Gasteiger partial charge in [-0.15, -0.1) is 0 Å². The van der Waals surface area contributed by atoms with Crippen molar-refractivity contribution in [2.24, 2.45) is 5.84 Å². The van der Waals surface area contributed by atoms with Gasteiger partial charge < -0.3 is 0 Å². The number of hydrogen-bond acceptors (Lipinski definition) is 2. The monoisotopic (exact) mass is 366 g/mol. The van der Waals surface area contributed by atoms with Gasteiger partial charge in [0.05, 0.1) is 0 Å². The molecule has 3 N–H and O–H groups in total. The van der Waals surface area contributed by atoms with E-state index in [0.29, 0.717) is 6.04 Å². The maximum absolute atomic E-state index is 5.66. The molecule has 0 fully saturated rings. The van der Waals surface area contributed by atoms with Crippen LogP contribution in [-0.2, 0) is 12.8 Å². The highest BCUT2D eigenvalue weighted by Crippen LogP contribution is 2.12. The van der Waals surface area contributed by atoms with E-state index in [-0.39, 0.29) is 0 Å². The lowest BCUT2D eigenvalue weighted by molar-refractivity contribution is 0.491. The number of benzene rings is 2. The van der Waals surface area contributed by atoms with Gasteiger partial charge in [0, 0.05) is 9.61 Å². The van der Waals surface area contributed by atoms with Gasteiger partial charge in [0.2, 0.25) is 0 Å². The molecule has 2 aromatic carbocycles. The van der Waals surface area contributed by atoms with Gasteiger partial charge in [-0.3, -0.25) is 11.3 Å². The number of nitrogens with two attached hydrogens (primary N) is 1. The van der Waals surface area contributed by atoms with E-state index in [1.165, 1.54) is 14.7 Å². The lowest BCUT2D eigenvalue weighted by Crippen LogP contribution is -2.37. The Morgan fingerprint density at radius 2 is 1.63 bits per heavy atom. The lowest BCUT2D eigenvalue weighted by atomic mass is 10.00. The van der Waals surface area contributed by atoms with E-state index in [1.54, 1.807) is 0 Å². The molecule has 2 aromatic rings. The summed E-state index contributed by atoms with van der Waals surface area (Å²) in [5, 5.41) is 0. The summed E-state index contributed by atoms with van der Waals surface area (Å²) in [7, 11) is 0. The predicted octanol–water partition coefficient (Wildman–Crippen LogP) is 3.30. The van der Waals surface area contributed by atoms with Crippen LogP contribution in [0.2, 0.25) is 0 Å². The Kier molecular flexibility index (Phi) is 5.82. The van der Waals surface area contributed by atoms with E-state index in [9.17, 15) is 0 Å². The molecule has 100 valence electrons. The highest BCUT2D eigenvalue weighted by Gasteiger charge is 2.08. The second-order valence-corrected chi connectivity index (χ2v) is 5.96. The Morgan fingerprint density at radius 1 is 0.947 bits per heavy atom. The molecule has 2 rings (SSSR count). The van der Waals surface area contributed by atoms with Gasteiger partial charge in [-0.1, -0.05) is 42.5 Å². The number of aryl methyl sites for hydroxylation is 1. The largest absolute Gasteiger partial charge is 0.271 e. The fourth-order valence-corrected chi connectivity index (χ4v) is 2.49. The van der Waals surface area contributed by atoms with Gasteiger partial charge in [0.1, 0.15) is 0 Å².